The molecule has 0 N–H and O–H groups in total. The minimum Gasteiger partial charge on any atom is -0.467 e. The predicted molar refractivity (Wildman–Crippen MR) is 167 cm³/mol. The molecule has 7 heteroatoms. The number of nitrogens with zero attached hydrogens (tertiary/aromatic N) is 3. The van der Waals surface area contributed by atoms with Crippen LogP contribution in [-0.4, -0.2) is 61.4 Å². The molecule has 1 heterocycles. The Morgan fingerprint density at radius 2 is 1.74 bits per heavy atom. The van der Waals surface area contributed by atoms with Crippen molar-refractivity contribution in [3.05, 3.63) is 106 Å². The van der Waals surface area contributed by atoms with E-state index in [9.17, 15) is 9.18 Å². The highest BCUT2D eigenvalue weighted by Crippen LogP contribution is 2.45. The summed E-state index contributed by atoms with van der Waals surface area (Å²) in [6.07, 6.45) is 7.10. The van der Waals surface area contributed by atoms with Gasteiger partial charge in [0.15, 0.2) is 5.54 Å². The molecule has 0 spiro atoms. The molecule has 0 saturated heterocycles. The highest BCUT2D eigenvalue weighted by molar-refractivity contribution is 6.30. The number of rotatable bonds is 10. The van der Waals surface area contributed by atoms with E-state index in [1.165, 1.54) is 18.7 Å². The van der Waals surface area contributed by atoms with Gasteiger partial charge in [-0.2, -0.15) is 0 Å². The zero-order valence-electron chi connectivity index (χ0n) is 24.8. The zero-order chi connectivity index (χ0) is 29.7. The van der Waals surface area contributed by atoms with Crippen molar-refractivity contribution in [3.8, 4) is 0 Å². The van der Waals surface area contributed by atoms with Gasteiger partial charge in [-0.1, -0.05) is 66.2 Å². The highest BCUT2D eigenvalue weighted by Gasteiger charge is 2.55. The average Bonchev–Trinajstić information content (AvgIpc) is 3.36. The SMILES string of the molecule is COC(=O)C1(Cc2ccc(Cl)cc2)N=CN(CCc2ccccc2)C1C1CCC(C(c2cccc(F)c2)N(C)C)CC1. The zero-order valence-corrected chi connectivity index (χ0v) is 25.5. The lowest BCUT2D eigenvalue weighted by molar-refractivity contribution is -0.149. The van der Waals surface area contributed by atoms with Crippen LogP contribution in [0.15, 0.2) is 83.9 Å². The van der Waals surface area contributed by atoms with Gasteiger partial charge in [-0.05, 0) is 99.0 Å². The van der Waals surface area contributed by atoms with Crippen molar-refractivity contribution in [2.75, 3.05) is 27.7 Å². The minimum absolute atomic E-state index is 0.128. The van der Waals surface area contributed by atoms with Crippen LogP contribution in [0, 0.1) is 17.7 Å². The first-order valence-corrected chi connectivity index (χ1v) is 15.3. The van der Waals surface area contributed by atoms with Crippen LogP contribution in [0.1, 0.15) is 48.4 Å². The van der Waals surface area contributed by atoms with Crippen LogP contribution < -0.4 is 0 Å². The number of methoxy groups -OCH3 is 1. The van der Waals surface area contributed by atoms with E-state index >= 15 is 0 Å². The third kappa shape index (κ3) is 6.55. The van der Waals surface area contributed by atoms with Crippen molar-refractivity contribution >= 4 is 23.9 Å². The van der Waals surface area contributed by atoms with Crippen LogP contribution >= 0.6 is 11.6 Å². The van der Waals surface area contributed by atoms with Gasteiger partial charge in [-0.25, -0.2) is 9.18 Å². The van der Waals surface area contributed by atoms with E-state index in [0.29, 0.717) is 17.4 Å². The van der Waals surface area contributed by atoms with Gasteiger partial charge >= 0.3 is 5.97 Å². The van der Waals surface area contributed by atoms with Gasteiger partial charge in [0.2, 0.25) is 0 Å². The van der Waals surface area contributed by atoms with Gasteiger partial charge in [0, 0.05) is 24.0 Å². The lowest BCUT2D eigenvalue weighted by Gasteiger charge is -2.44. The van der Waals surface area contributed by atoms with Crippen molar-refractivity contribution in [2.45, 2.75) is 56.1 Å². The first kappa shape index (κ1) is 30.2. The van der Waals surface area contributed by atoms with Crippen molar-refractivity contribution in [1.29, 1.82) is 0 Å². The standard InChI is InChI=1S/C35H41ClFN3O2/c1-39(2)32(29-10-7-11-31(37)22-29)27-14-16-28(17-15-27)33-35(34(41)42-3,23-26-12-18-30(36)19-13-26)38-24-40(33)21-20-25-8-5-4-6-9-25/h4-13,18-19,22,24,27-28,32-33H,14-17,20-21,23H2,1-3H3. The maximum atomic E-state index is 14.2. The van der Waals surface area contributed by atoms with Crippen molar-refractivity contribution in [2.24, 2.45) is 16.8 Å². The number of carbonyl (C=O) groups excluding carboxylic acids is 1. The summed E-state index contributed by atoms with van der Waals surface area (Å²) in [4.78, 5) is 23.2. The molecule has 3 unspecified atom stereocenters. The monoisotopic (exact) mass is 589 g/mol. The number of esters is 1. The second-order valence-electron chi connectivity index (χ2n) is 12.0. The van der Waals surface area contributed by atoms with Gasteiger partial charge in [-0.3, -0.25) is 4.99 Å². The van der Waals surface area contributed by atoms with E-state index in [4.69, 9.17) is 21.3 Å². The Morgan fingerprint density at radius 3 is 2.38 bits per heavy atom. The second-order valence-corrected chi connectivity index (χ2v) is 12.5. The van der Waals surface area contributed by atoms with E-state index in [2.05, 4.69) is 48.2 Å². The molecule has 2 aliphatic rings. The fourth-order valence-corrected chi connectivity index (χ4v) is 7.43. The van der Waals surface area contributed by atoms with E-state index in [0.717, 1.165) is 49.8 Å². The molecular formula is C35H41ClFN3O2. The molecule has 3 aromatic carbocycles. The summed E-state index contributed by atoms with van der Waals surface area (Å²) in [7, 11) is 5.61. The van der Waals surface area contributed by atoms with Gasteiger partial charge in [0.25, 0.3) is 0 Å². The molecule has 42 heavy (non-hydrogen) atoms. The van der Waals surface area contributed by atoms with Crippen molar-refractivity contribution in [3.63, 3.8) is 0 Å². The van der Waals surface area contributed by atoms with E-state index in [1.807, 2.05) is 42.7 Å². The molecule has 222 valence electrons. The van der Waals surface area contributed by atoms with E-state index in [1.54, 1.807) is 12.1 Å². The summed E-state index contributed by atoms with van der Waals surface area (Å²) in [5, 5.41) is 0.661. The number of benzene rings is 3. The lowest BCUT2D eigenvalue weighted by atomic mass is 9.68. The Bertz CT molecular complexity index is 1360. The van der Waals surface area contributed by atoms with Crippen LogP contribution in [0.2, 0.25) is 5.02 Å². The first-order valence-electron chi connectivity index (χ1n) is 14.9. The average molecular weight is 590 g/mol. The molecule has 1 aliphatic carbocycles. The Hall–Kier alpha value is -3.22. The van der Waals surface area contributed by atoms with Crippen LogP contribution in [-0.2, 0) is 22.4 Å². The number of halogens is 2. The molecule has 5 rings (SSSR count). The van der Waals surface area contributed by atoms with Gasteiger partial charge in [0.1, 0.15) is 5.82 Å². The third-order valence-corrected chi connectivity index (χ3v) is 9.42. The molecule has 3 atom stereocenters. The molecule has 0 radical (unpaired) electrons. The summed E-state index contributed by atoms with van der Waals surface area (Å²) >= 11 is 6.19. The summed E-state index contributed by atoms with van der Waals surface area (Å²) < 4.78 is 19.6. The molecule has 3 aromatic rings. The Kier molecular flexibility index (Phi) is 9.64. The van der Waals surface area contributed by atoms with Crippen LogP contribution in [0.3, 0.4) is 0 Å². The maximum Gasteiger partial charge on any atom is 0.336 e. The smallest absolute Gasteiger partial charge is 0.336 e. The third-order valence-electron chi connectivity index (χ3n) is 9.17. The quantitative estimate of drug-likeness (QED) is 0.239. The molecule has 1 aliphatic heterocycles. The predicted octanol–water partition coefficient (Wildman–Crippen LogP) is 7.00. The number of aliphatic imine (C=N–C) groups is 1. The summed E-state index contributed by atoms with van der Waals surface area (Å²) in [5.41, 5.74) is 2.24. The molecule has 1 fully saturated rings. The summed E-state index contributed by atoms with van der Waals surface area (Å²) in [5.74, 6) is 0.146. The minimum atomic E-state index is -1.04. The second kappa shape index (κ2) is 13.4. The van der Waals surface area contributed by atoms with Crippen molar-refractivity contribution in [1.82, 2.24) is 9.80 Å². The normalized spacial score (nSPS) is 24.6. The van der Waals surface area contributed by atoms with E-state index in [-0.39, 0.29) is 29.8 Å². The number of hydrogen-bond acceptors (Lipinski definition) is 5. The molecule has 5 nitrogen and oxygen atoms in total. The highest BCUT2D eigenvalue weighted by atomic mass is 35.5. The number of hydrogen-bond donors (Lipinski definition) is 0. The van der Waals surface area contributed by atoms with Crippen molar-refractivity contribution < 1.29 is 13.9 Å². The van der Waals surface area contributed by atoms with Crippen LogP contribution in [0.25, 0.3) is 0 Å². The van der Waals surface area contributed by atoms with Gasteiger partial charge in [-0.15, -0.1) is 0 Å². The fourth-order valence-electron chi connectivity index (χ4n) is 7.31. The maximum absolute atomic E-state index is 14.2. The largest absolute Gasteiger partial charge is 0.467 e. The number of carbonyl (C=O) groups is 1. The van der Waals surface area contributed by atoms with Crippen LogP contribution in [0.5, 0.6) is 0 Å². The Labute approximate surface area is 254 Å². The lowest BCUT2D eigenvalue weighted by Crippen LogP contribution is -2.57. The van der Waals surface area contributed by atoms with Crippen LogP contribution in [0.4, 0.5) is 4.39 Å². The summed E-state index contributed by atoms with van der Waals surface area (Å²) in [6.45, 7) is 0.765. The number of ether oxygens (including phenoxy) is 1. The van der Waals surface area contributed by atoms with E-state index < -0.39 is 5.54 Å². The fraction of sp³-hybridized carbons (Fsp3) is 0.429. The molecule has 0 aromatic heterocycles. The molecule has 0 bridgehead atoms. The van der Waals surface area contributed by atoms with Gasteiger partial charge < -0.3 is 14.5 Å². The first-order chi connectivity index (χ1) is 20.3. The Morgan fingerprint density at radius 1 is 1.02 bits per heavy atom. The van der Waals surface area contributed by atoms with Gasteiger partial charge in [0.05, 0.1) is 19.5 Å². The molecular weight excluding hydrogens is 549 g/mol. The topological polar surface area (TPSA) is 45.1 Å². The Balaban J connectivity index is 1.42. The summed E-state index contributed by atoms with van der Waals surface area (Å²) in [6, 6.07) is 25.1. The molecule has 1 saturated carbocycles. The molecule has 0 amide bonds.